The molecule has 0 heterocycles. The Balaban J connectivity index is 2.65. The van der Waals surface area contributed by atoms with Crippen LogP contribution in [0.5, 0.6) is 0 Å². The Hall–Kier alpha value is -1.10. The molecule has 0 bridgehead atoms. The summed E-state index contributed by atoms with van der Waals surface area (Å²) < 4.78 is 0. The molecule has 1 aliphatic rings. The number of carboxylic acids is 1. The Morgan fingerprint density at radius 2 is 1.94 bits per heavy atom. The molecule has 0 aromatic carbocycles. The molecule has 5 heteroatoms. The summed E-state index contributed by atoms with van der Waals surface area (Å²) >= 11 is 0. The highest BCUT2D eigenvalue weighted by Crippen LogP contribution is 2.41. The SMILES string of the molecule is CCC1(C(=O)NC(CCO)C(=O)O)CCCC1. The van der Waals surface area contributed by atoms with E-state index >= 15 is 0 Å². The fourth-order valence-electron chi connectivity index (χ4n) is 2.49. The second-order valence-electron chi connectivity index (χ2n) is 4.72. The Bertz CT molecular complexity index is 284. The molecule has 0 radical (unpaired) electrons. The maximum Gasteiger partial charge on any atom is 0.326 e. The van der Waals surface area contributed by atoms with Crippen molar-refractivity contribution in [2.45, 2.75) is 51.5 Å². The van der Waals surface area contributed by atoms with E-state index in [4.69, 9.17) is 10.2 Å². The van der Waals surface area contributed by atoms with Crippen molar-refractivity contribution in [1.29, 1.82) is 0 Å². The van der Waals surface area contributed by atoms with Gasteiger partial charge in [0.25, 0.3) is 0 Å². The number of nitrogens with one attached hydrogen (secondary N) is 1. The second-order valence-corrected chi connectivity index (χ2v) is 4.72. The first-order valence-corrected chi connectivity index (χ1v) is 6.20. The van der Waals surface area contributed by atoms with Crippen LogP contribution in [0.2, 0.25) is 0 Å². The minimum atomic E-state index is -1.09. The second kappa shape index (κ2) is 6.00. The van der Waals surface area contributed by atoms with Gasteiger partial charge in [0.05, 0.1) is 0 Å². The maximum atomic E-state index is 12.1. The maximum absolute atomic E-state index is 12.1. The zero-order valence-electron chi connectivity index (χ0n) is 10.2. The first-order chi connectivity index (χ1) is 8.05. The lowest BCUT2D eigenvalue weighted by Crippen LogP contribution is -2.47. The van der Waals surface area contributed by atoms with Crippen LogP contribution < -0.4 is 5.32 Å². The third-order valence-corrected chi connectivity index (χ3v) is 3.74. The Morgan fingerprint density at radius 3 is 2.35 bits per heavy atom. The van der Waals surface area contributed by atoms with E-state index in [0.717, 1.165) is 32.1 Å². The monoisotopic (exact) mass is 243 g/mol. The molecule has 1 atom stereocenters. The van der Waals surface area contributed by atoms with Crippen molar-refractivity contribution >= 4 is 11.9 Å². The van der Waals surface area contributed by atoms with Crippen molar-refractivity contribution in [3.8, 4) is 0 Å². The minimum absolute atomic E-state index is 0.0564. The fourth-order valence-corrected chi connectivity index (χ4v) is 2.49. The Labute approximate surface area is 101 Å². The highest BCUT2D eigenvalue weighted by Gasteiger charge is 2.40. The van der Waals surface area contributed by atoms with E-state index in [1.54, 1.807) is 0 Å². The van der Waals surface area contributed by atoms with E-state index in [0.29, 0.717) is 0 Å². The smallest absolute Gasteiger partial charge is 0.326 e. The lowest BCUT2D eigenvalue weighted by Gasteiger charge is -2.27. The average Bonchev–Trinajstić information content (AvgIpc) is 2.78. The molecule has 1 saturated carbocycles. The normalized spacial score (nSPS) is 19.9. The van der Waals surface area contributed by atoms with E-state index in [1.807, 2.05) is 6.92 Å². The lowest BCUT2D eigenvalue weighted by atomic mass is 9.82. The van der Waals surface area contributed by atoms with Crippen LogP contribution in [0.3, 0.4) is 0 Å². The van der Waals surface area contributed by atoms with Crippen LogP contribution in [0.25, 0.3) is 0 Å². The van der Waals surface area contributed by atoms with E-state index < -0.39 is 12.0 Å². The minimum Gasteiger partial charge on any atom is -0.480 e. The largest absolute Gasteiger partial charge is 0.480 e. The van der Waals surface area contributed by atoms with Gasteiger partial charge in [-0.25, -0.2) is 4.79 Å². The Morgan fingerprint density at radius 1 is 1.35 bits per heavy atom. The topological polar surface area (TPSA) is 86.6 Å². The van der Waals surface area contributed by atoms with Gasteiger partial charge in [0, 0.05) is 18.4 Å². The van der Waals surface area contributed by atoms with Gasteiger partial charge in [-0.3, -0.25) is 4.79 Å². The molecule has 0 aliphatic heterocycles. The zero-order chi connectivity index (χ0) is 12.9. The molecule has 1 rings (SSSR count). The van der Waals surface area contributed by atoms with Crippen molar-refractivity contribution in [3.05, 3.63) is 0 Å². The molecule has 5 nitrogen and oxygen atoms in total. The van der Waals surface area contributed by atoms with Crippen LogP contribution in [0.4, 0.5) is 0 Å². The van der Waals surface area contributed by atoms with Gasteiger partial charge in [-0.2, -0.15) is 0 Å². The molecule has 1 unspecified atom stereocenters. The molecular formula is C12H21NO4. The summed E-state index contributed by atoms with van der Waals surface area (Å²) in [6.45, 7) is 1.73. The molecule has 1 aliphatic carbocycles. The van der Waals surface area contributed by atoms with Crippen LogP contribution in [0, 0.1) is 5.41 Å². The van der Waals surface area contributed by atoms with E-state index in [2.05, 4.69) is 5.32 Å². The number of hydrogen-bond acceptors (Lipinski definition) is 3. The standard InChI is InChI=1S/C12H21NO4/c1-2-12(6-3-4-7-12)11(17)13-9(5-8-14)10(15)16/h9,14H,2-8H2,1H3,(H,13,17)(H,15,16). The third-order valence-electron chi connectivity index (χ3n) is 3.74. The van der Waals surface area contributed by atoms with Gasteiger partial charge in [0.15, 0.2) is 0 Å². The van der Waals surface area contributed by atoms with E-state index in [1.165, 1.54) is 0 Å². The molecule has 0 aromatic rings. The molecule has 1 amide bonds. The van der Waals surface area contributed by atoms with Crippen molar-refractivity contribution in [2.75, 3.05) is 6.61 Å². The van der Waals surface area contributed by atoms with Gasteiger partial charge in [-0.1, -0.05) is 19.8 Å². The molecule has 3 N–H and O–H groups in total. The van der Waals surface area contributed by atoms with Gasteiger partial charge >= 0.3 is 5.97 Å². The highest BCUT2D eigenvalue weighted by atomic mass is 16.4. The summed E-state index contributed by atoms with van der Waals surface area (Å²) in [5.74, 6) is -1.25. The predicted octanol–water partition coefficient (Wildman–Crippen LogP) is 0.909. The van der Waals surface area contributed by atoms with Crippen molar-refractivity contribution in [3.63, 3.8) is 0 Å². The number of aliphatic hydroxyl groups is 1. The van der Waals surface area contributed by atoms with Crippen LogP contribution in [0.1, 0.15) is 45.4 Å². The van der Waals surface area contributed by atoms with Crippen LogP contribution in [-0.2, 0) is 9.59 Å². The molecule has 0 spiro atoms. The number of hydrogen-bond donors (Lipinski definition) is 3. The van der Waals surface area contributed by atoms with E-state index in [9.17, 15) is 9.59 Å². The van der Waals surface area contributed by atoms with Gasteiger partial charge in [0.1, 0.15) is 6.04 Å². The van der Waals surface area contributed by atoms with Crippen molar-refractivity contribution in [2.24, 2.45) is 5.41 Å². The number of carbonyl (C=O) groups is 2. The average molecular weight is 243 g/mol. The number of amides is 1. The molecule has 98 valence electrons. The summed E-state index contributed by atoms with van der Waals surface area (Å²) in [5.41, 5.74) is -0.386. The first-order valence-electron chi connectivity index (χ1n) is 6.20. The van der Waals surface area contributed by atoms with Crippen LogP contribution in [0.15, 0.2) is 0 Å². The molecule has 17 heavy (non-hydrogen) atoms. The van der Waals surface area contributed by atoms with Gasteiger partial charge in [-0.15, -0.1) is 0 Å². The predicted molar refractivity (Wildman–Crippen MR) is 62.5 cm³/mol. The zero-order valence-corrected chi connectivity index (χ0v) is 10.2. The lowest BCUT2D eigenvalue weighted by molar-refractivity contribution is -0.144. The molecule has 1 fully saturated rings. The van der Waals surface area contributed by atoms with Crippen LogP contribution >= 0.6 is 0 Å². The summed E-state index contributed by atoms with van der Waals surface area (Å²) in [7, 11) is 0. The molecule has 0 aromatic heterocycles. The molecule has 0 saturated heterocycles. The summed E-state index contributed by atoms with van der Waals surface area (Å²) in [6.07, 6.45) is 4.52. The third kappa shape index (κ3) is 3.19. The summed E-state index contributed by atoms with van der Waals surface area (Å²) in [4.78, 5) is 23.0. The van der Waals surface area contributed by atoms with Gasteiger partial charge in [-0.05, 0) is 19.3 Å². The number of aliphatic hydroxyl groups excluding tert-OH is 1. The Kier molecular flexibility index (Phi) is 4.93. The van der Waals surface area contributed by atoms with Crippen molar-refractivity contribution in [1.82, 2.24) is 5.32 Å². The summed E-state index contributed by atoms with van der Waals surface area (Å²) in [5, 5.41) is 20.3. The fraction of sp³-hybridized carbons (Fsp3) is 0.833. The number of carboxylic acid groups (broad SMARTS) is 1. The van der Waals surface area contributed by atoms with Gasteiger partial charge in [0.2, 0.25) is 5.91 Å². The van der Waals surface area contributed by atoms with Gasteiger partial charge < -0.3 is 15.5 Å². The molecular weight excluding hydrogens is 222 g/mol. The highest BCUT2D eigenvalue weighted by molar-refractivity contribution is 5.87. The van der Waals surface area contributed by atoms with E-state index in [-0.39, 0.29) is 24.3 Å². The number of carbonyl (C=O) groups excluding carboxylic acids is 1. The number of rotatable bonds is 6. The number of aliphatic carboxylic acids is 1. The first kappa shape index (κ1) is 14.0. The van der Waals surface area contributed by atoms with Crippen LogP contribution in [-0.4, -0.2) is 34.7 Å². The summed E-state index contributed by atoms with van der Waals surface area (Å²) in [6, 6.07) is -0.975. The quantitative estimate of drug-likeness (QED) is 0.647. The van der Waals surface area contributed by atoms with Crippen molar-refractivity contribution < 1.29 is 19.8 Å².